The van der Waals surface area contributed by atoms with E-state index in [-0.39, 0.29) is 0 Å². The van der Waals surface area contributed by atoms with E-state index in [9.17, 15) is 0 Å². The van der Waals surface area contributed by atoms with Gasteiger partial charge in [-0.15, -0.1) is 0 Å². The lowest BCUT2D eigenvalue weighted by molar-refractivity contribution is 0.464. The number of amidine groups is 1. The van der Waals surface area contributed by atoms with Crippen molar-refractivity contribution in [1.29, 1.82) is 0 Å². The molecule has 0 heterocycles. The minimum absolute atomic E-state index is 0.732. The lowest BCUT2D eigenvalue weighted by atomic mass is 10.2. The van der Waals surface area contributed by atoms with Gasteiger partial charge in [-0.25, -0.2) is 0 Å². The molecule has 1 rings (SSSR count). The quantitative estimate of drug-likeness (QED) is 0.514. The first-order valence-corrected chi connectivity index (χ1v) is 6.79. The Balaban J connectivity index is 2.83. The van der Waals surface area contributed by atoms with Gasteiger partial charge in [-0.3, -0.25) is 4.99 Å². The molecule has 18 heavy (non-hydrogen) atoms. The topological polar surface area (TPSA) is 27.6 Å². The maximum atomic E-state index is 5.40. The molecule has 98 valence electrons. The number of nitrogens with one attached hydrogen (secondary N) is 1. The molecule has 0 aromatic heterocycles. The SMILES string of the molecule is CCN=C(NC(=S)N(CC)CC)c1ccccc1. The van der Waals surface area contributed by atoms with Crippen LogP contribution in [-0.4, -0.2) is 35.5 Å². The normalized spacial score (nSPS) is 11.2. The van der Waals surface area contributed by atoms with Gasteiger partial charge in [0.15, 0.2) is 5.11 Å². The zero-order chi connectivity index (χ0) is 13.4. The van der Waals surface area contributed by atoms with Gasteiger partial charge in [0.25, 0.3) is 0 Å². The van der Waals surface area contributed by atoms with Crippen LogP contribution in [0.25, 0.3) is 0 Å². The maximum absolute atomic E-state index is 5.40. The summed E-state index contributed by atoms with van der Waals surface area (Å²) in [6.45, 7) is 8.74. The van der Waals surface area contributed by atoms with Crippen LogP contribution in [0.4, 0.5) is 0 Å². The summed E-state index contributed by atoms with van der Waals surface area (Å²) in [6.07, 6.45) is 0. The first kappa shape index (κ1) is 14.6. The lowest BCUT2D eigenvalue weighted by Gasteiger charge is -2.23. The Bertz CT molecular complexity index is 397. The molecule has 0 aliphatic carbocycles. The maximum Gasteiger partial charge on any atom is 0.174 e. The minimum Gasteiger partial charge on any atom is -0.350 e. The van der Waals surface area contributed by atoms with Gasteiger partial charge in [0.05, 0.1) is 0 Å². The zero-order valence-corrected chi connectivity index (χ0v) is 12.1. The van der Waals surface area contributed by atoms with Crippen molar-refractivity contribution in [3.8, 4) is 0 Å². The Morgan fingerprint density at radius 3 is 2.28 bits per heavy atom. The van der Waals surface area contributed by atoms with E-state index in [0.29, 0.717) is 0 Å². The molecular formula is C14H21N3S. The molecule has 3 nitrogen and oxygen atoms in total. The summed E-state index contributed by atoms with van der Waals surface area (Å²) >= 11 is 5.40. The number of thiocarbonyl (C=S) groups is 1. The smallest absolute Gasteiger partial charge is 0.174 e. The van der Waals surface area contributed by atoms with Crippen LogP contribution in [0.1, 0.15) is 26.3 Å². The van der Waals surface area contributed by atoms with Crippen molar-refractivity contribution in [3.63, 3.8) is 0 Å². The fourth-order valence-corrected chi connectivity index (χ4v) is 2.00. The molecule has 1 N–H and O–H groups in total. The molecule has 4 heteroatoms. The largest absolute Gasteiger partial charge is 0.350 e. The highest BCUT2D eigenvalue weighted by molar-refractivity contribution is 7.80. The van der Waals surface area contributed by atoms with Crippen LogP contribution in [0.2, 0.25) is 0 Å². The van der Waals surface area contributed by atoms with Crippen molar-refractivity contribution in [3.05, 3.63) is 35.9 Å². The summed E-state index contributed by atoms with van der Waals surface area (Å²) in [5.41, 5.74) is 1.06. The van der Waals surface area contributed by atoms with Crippen molar-refractivity contribution in [1.82, 2.24) is 10.2 Å². The van der Waals surface area contributed by atoms with Gasteiger partial charge in [-0.05, 0) is 33.0 Å². The summed E-state index contributed by atoms with van der Waals surface area (Å²) in [5, 5.41) is 3.98. The van der Waals surface area contributed by atoms with Crippen molar-refractivity contribution in [2.45, 2.75) is 20.8 Å². The summed E-state index contributed by atoms with van der Waals surface area (Å²) in [4.78, 5) is 6.58. The number of hydrogen-bond donors (Lipinski definition) is 1. The van der Waals surface area contributed by atoms with Crippen molar-refractivity contribution in [2.75, 3.05) is 19.6 Å². The Morgan fingerprint density at radius 2 is 1.78 bits per heavy atom. The second-order valence-electron chi connectivity index (χ2n) is 3.79. The van der Waals surface area contributed by atoms with Crippen LogP contribution in [0.5, 0.6) is 0 Å². The molecule has 0 aliphatic rings. The number of rotatable bonds is 4. The first-order chi connectivity index (χ1) is 8.72. The Labute approximate surface area is 115 Å². The summed E-state index contributed by atoms with van der Waals surface area (Å²) in [7, 11) is 0. The molecule has 0 unspecified atom stereocenters. The van der Waals surface area contributed by atoms with E-state index >= 15 is 0 Å². The van der Waals surface area contributed by atoms with Gasteiger partial charge in [0.1, 0.15) is 5.84 Å². The standard InChI is InChI=1S/C14H21N3S/c1-4-15-13(12-10-8-7-9-11-12)16-14(18)17(5-2)6-3/h7-11H,4-6H2,1-3H3,(H,15,16,18). The van der Waals surface area contributed by atoms with Crippen LogP contribution in [0.3, 0.4) is 0 Å². The molecule has 0 saturated carbocycles. The molecule has 0 radical (unpaired) electrons. The van der Waals surface area contributed by atoms with Gasteiger partial charge >= 0.3 is 0 Å². The Kier molecular flexibility index (Phi) is 6.36. The number of hydrogen-bond acceptors (Lipinski definition) is 2. The Hall–Kier alpha value is -1.42. The molecule has 1 aromatic carbocycles. The fourth-order valence-electron chi connectivity index (χ4n) is 1.65. The van der Waals surface area contributed by atoms with Crippen LogP contribution < -0.4 is 5.32 Å². The second-order valence-corrected chi connectivity index (χ2v) is 4.18. The van der Waals surface area contributed by atoms with E-state index in [4.69, 9.17) is 12.2 Å². The highest BCUT2D eigenvalue weighted by Gasteiger charge is 2.09. The van der Waals surface area contributed by atoms with E-state index in [1.165, 1.54) is 0 Å². The van der Waals surface area contributed by atoms with E-state index in [1.54, 1.807) is 0 Å². The fraction of sp³-hybridized carbons (Fsp3) is 0.429. The van der Waals surface area contributed by atoms with Crippen LogP contribution >= 0.6 is 12.2 Å². The van der Waals surface area contributed by atoms with Gasteiger partial charge in [0, 0.05) is 25.2 Å². The van der Waals surface area contributed by atoms with Crippen molar-refractivity contribution in [2.24, 2.45) is 4.99 Å². The van der Waals surface area contributed by atoms with Gasteiger partial charge in [0.2, 0.25) is 0 Å². The van der Waals surface area contributed by atoms with E-state index in [1.807, 2.05) is 37.3 Å². The molecule has 0 bridgehead atoms. The monoisotopic (exact) mass is 263 g/mol. The number of nitrogens with zero attached hydrogens (tertiary/aromatic N) is 2. The van der Waals surface area contributed by atoms with Gasteiger partial charge in [-0.1, -0.05) is 30.3 Å². The number of benzene rings is 1. The van der Waals surface area contributed by atoms with Crippen molar-refractivity contribution < 1.29 is 0 Å². The average Bonchev–Trinajstić information content (AvgIpc) is 2.40. The highest BCUT2D eigenvalue weighted by atomic mass is 32.1. The molecule has 0 fully saturated rings. The third-order valence-electron chi connectivity index (χ3n) is 2.64. The van der Waals surface area contributed by atoms with Crippen LogP contribution in [0.15, 0.2) is 35.3 Å². The molecule has 0 atom stereocenters. The average molecular weight is 263 g/mol. The van der Waals surface area contributed by atoms with Crippen LogP contribution in [-0.2, 0) is 0 Å². The third-order valence-corrected chi connectivity index (χ3v) is 3.00. The summed E-state index contributed by atoms with van der Waals surface area (Å²) < 4.78 is 0. The predicted octanol–water partition coefficient (Wildman–Crippen LogP) is 2.67. The van der Waals surface area contributed by atoms with Gasteiger partial charge in [-0.2, -0.15) is 0 Å². The van der Waals surface area contributed by atoms with Crippen LogP contribution in [0, 0.1) is 0 Å². The van der Waals surface area contributed by atoms with Gasteiger partial charge < -0.3 is 10.2 Å². The molecule has 0 amide bonds. The van der Waals surface area contributed by atoms with E-state index in [0.717, 1.165) is 36.1 Å². The highest BCUT2D eigenvalue weighted by Crippen LogP contribution is 2.01. The van der Waals surface area contributed by atoms with E-state index in [2.05, 4.69) is 29.1 Å². The summed E-state index contributed by atoms with van der Waals surface area (Å²) in [5.74, 6) is 0.843. The number of aliphatic imine (C=N–C) groups is 1. The lowest BCUT2D eigenvalue weighted by Crippen LogP contribution is -2.42. The molecule has 0 spiro atoms. The molecule has 0 saturated heterocycles. The minimum atomic E-state index is 0.732. The zero-order valence-electron chi connectivity index (χ0n) is 11.3. The Morgan fingerprint density at radius 1 is 1.17 bits per heavy atom. The van der Waals surface area contributed by atoms with Crippen molar-refractivity contribution >= 4 is 23.2 Å². The van der Waals surface area contributed by atoms with E-state index < -0.39 is 0 Å². The summed E-state index contributed by atoms with van der Waals surface area (Å²) in [6, 6.07) is 10.1. The molecule has 0 aliphatic heterocycles. The molecular weight excluding hydrogens is 242 g/mol. The molecule has 1 aromatic rings. The second kappa shape index (κ2) is 7.82. The third kappa shape index (κ3) is 4.11. The first-order valence-electron chi connectivity index (χ1n) is 6.38. The predicted molar refractivity (Wildman–Crippen MR) is 82.2 cm³/mol.